The molecule has 1 aliphatic heterocycles. The fourth-order valence-corrected chi connectivity index (χ4v) is 3.27. The summed E-state index contributed by atoms with van der Waals surface area (Å²) >= 11 is 3.41. The van der Waals surface area contributed by atoms with Gasteiger partial charge in [-0.1, -0.05) is 58.4 Å². The second-order valence-corrected chi connectivity index (χ2v) is 7.60. The van der Waals surface area contributed by atoms with Crippen molar-refractivity contribution in [2.24, 2.45) is 5.10 Å². The minimum absolute atomic E-state index is 0.130. The van der Waals surface area contributed by atoms with Crippen molar-refractivity contribution in [2.45, 2.75) is 13.5 Å². The molecule has 29 heavy (non-hydrogen) atoms. The van der Waals surface area contributed by atoms with Crippen LogP contribution in [0.4, 0.5) is 5.69 Å². The summed E-state index contributed by atoms with van der Waals surface area (Å²) in [6, 6.07) is 25.2. The molecular formula is C24H19BrN2O2. The number of hydrazone groups is 1. The zero-order valence-electron chi connectivity index (χ0n) is 15.9. The maximum Gasteiger partial charge on any atom is 0.280 e. The summed E-state index contributed by atoms with van der Waals surface area (Å²) in [7, 11) is 0. The molecule has 0 unspecified atom stereocenters. The predicted octanol–water partition coefficient (Wildman–Crippen LogP) is 5.83. The van der Waals surface area contributed by atoms with Crippen LogP contribution in [0.1, 0.15) is 18.1 Å². The molecule has 0 aromatic heterocycles. The van der Waals surface area contributed by atoms with Crippen LogP contribution in [-0.2, 0) is 11.4 Å². The lowest BCUT2D eigenvalue weighted by Gasteiger charge is -2.11. The Hall–Kier alpha value is -3.18. The molecule has 1 heterocycles. The van der Waals surface area contributed by atoms with Crippen LogP contribution >= 0.6 is 15.9 Å². The molecule has 0 atom stereocenters. The standard InChI is InChI=1S/C24H19BrN2O2/c1-17-23(24(28)27(26-17)21-11-9-20(25)10-12-21)15-18-7-13-22(14-8-18)29-16-19-5-3-2-4-6-19/h2-15H,16H2,1H3. The molecule has 1 amide bonds. The fourth-order valence-electron chi connectivity index (χ4n) is 3.01. The summed E-state index contributed by atoms with van der Waals surface area (Å²) in [5.74, 6) is 0.657. The average Bonchev–Trinajstić information content (AvgIpc) is 3.03. The molecule has 0 saturated heterocycles. The number of carbonyl (C=O) groups excluding carboxylic acids is 1. The van der Waals surface area contributed by atoms with Gasteiger partial charge in [0.2, 0.25) is 0 Å². The van der Waals surface area contributed by atoms with E-state index in [4.69, 9.17) is 4.74 Å². The van der Waals surface area contributed by atoms with Gasteiger partial charge in [-0.2, -0.15) is 10.1 Å². The van der Waals surface area contributed by atoms with Gasteiger partial charge in [0.15, 0.2) is 0 Å². The van der Waals surface area contributed by atoms with E-state index in [0.717, 1.165) is 27.0 Å². The first-order chi connectivity index (χ1) is 14.1. The quantitative estimate of drug-likeness (QED) is 0.462. The topological polar surface area (TPSA) is 41.9 Å². The van der Waals surface area contributed by atoms with E-state index in [1.165, 1.54) is 5.01 Å². The van der Waals surface area contributed by atoms with Gasteiger partial charge in [-0.15, -0.1) is 0 Å². The number of halogens is 1. The molecule has 0 radical (unpaired) electrons. The number of hydrogen-bond donors (Lipinski definition) is 0. The van der Waals surface area contributed by atoms with Gasteiger partial charge in [-0.3, -0.25) is 4.79 Å². The van der Waals surface area contributed by atoms with Crippen LogP contribution in [0.25, 0.3) is 6.08 Å². The minimum atomic E-state index is -0.130. The van der Waals surface area contributed by atoms with Crippen molar-refractivity contribution >= 4 is 39.3 Å². The normalized spacial score (nSPS) is 15.0. The molecule has 4 rings (SSSR count). The molecule has 0 spiro atoms. The Morgan fingerprint density at radius 1 is 0.966 bits per heavy atom. The van der Waals surface area contributed by atoms with Gasteiger partial charge in [-0.05, 0) is 60.5 Å². The predicted molar refractivity (Wildman–Crippen MR) is 120 cm³/mol. The third-order valence-corrected chi connectivity index (χ3v) is 5.10. The number of ether oxygens (including phenoxy) is 1. The molecule has 0 bridgehead atoms. The van der Waals surface area contributed by atoms with Crippen LogP contribution in [0.2, 0.25) is 0 Å². The highest BCUT2D eigenvalue weighted by Crippen LogP contribution is 2.26. The van der Waals surface area contributed by atoms with Gasteiger partial charge in [0, 0.05) is 4.47 Å². The lowest BCUT2D eigenvalue weighted by Crippen LogP contribution is -2.21. The number of amides is 1. The third kappa shape index (κ3) is 4.46. The maximum atomic E-state index is 12.8. The summed E-state index contributed by atoms with van der Waals surface area (Å²) < 4.78 is 6.78. The third-order valence-electron chi connectivity index (χ3n) is 4.57. The number of benzene rings is 3. The van der Waals surface area contributed by atoms with Crippen LogP contribution in [0.5, 0.6) is 5.75 Å². The lowest BCUT2D eigenvalue weighted by atomic mass is 10.1. The van der Waals surface area contributed by atoms with E-state index in [2.05, 4.69) is 21.0 Å². The monoisotopic (exact) mass is 446 g/mol. The summed E-state index contributed by atoms with van der Waals surface area (Å²) in [4.78, 5) is 12.8. The van der Waals surface area contributed by atoms with Gasteiger partial charge in [0.1, 0.15) is 12.4 Å². The van der Waals surface area contributed by atoms with Crippen LogP contribution in [0, 0.1) is 0 Å². The van der Waals surface area contributed by atoms with Gasteiger partial charge >= 0.3 is 0 Å². The van der Waals surface area contributed by atoms with Crippen molar-refractivity contribution in [2.75, 3.05) is 5.01 Å². The van der Waals surface area contributed by atoms with Crippen molar-refractivity contribution in [1.82, 2.24) is 0 Å². The number of nitrogens with zero attached hydrogens (tertiary/aromatic N) is 2. The van der Waals surface area contributed by atoms with Crippen LogP contribution in [0.3, 0.4) is 0 Å². The number of carbonyl (C=O) groups is 1. The van der Waals surface area contributed by atoms with Crippen LogP contribution < -0.4 is 9.75 Å². The Bertz CT molecular complexity index is 1070. The molecule has 0 fully saturated rings. The van der Waals surface area contributed by atoms with Crippen molar-refractivity contribution in [1.29, 1.82) is 0 Å². The first-order valence-electron chi connectivity index (χ1n) is 9.24. The number of rotatable bonds is 5. The minimum Gasteiger partial charge on any atom is -0.489 e. The smallest absolute Gasteiger partial charge is 0.280 e. The van der Waals surface area contributed by atoms with Crippen molar-refractivity contribution in [3.05, 3.63) is 100 Å². The van der Waals surface area contributed by atoms with Crippen LogP contribution in [0.15, 0.2) is 94.0 Å². The SMILES string of the molecule is CC1=NN(c2ccc(Br)cc2)C(=O)C1=Cc1ccc(OCc2ccccc2)cc1. The fraction of sp³-hybridized carbons (Fsp3) is 0.0833. The van der Waals surface area contributed by atoms with E-state index >= 15 is 0 Å². The Balaban J connectivity index is 1.47. The van der Waals surface area contributed by atoms with E-state index in [9.17, 15) is 4.79 Å². The van der Waals surface area contributed by atoms with Gasteiger partial charge < -0.3 is 4.74 Å². The molecule has 0 saturated carbocycles. The zero-order chi connectivity index (χ0) is 20.2. The Morgan fingerprint density at radius 3 is 2.34 bits per heavy atom. The van der Waals surface area contributed by atoms with Gasteiger partial charge in [0.05, 0.1) is 17.0 Å². The number of hydrogen-bond acceptors (Lipinski definition) is 3. The van der Waals surface area contributed by atoms with Gasteiger partial charge in [-0.25, -0.2) is 0 Å². The maximum absolute atomic E-state index is 12.8. The molecule has 4 nitrogen and oxygen atoms in total. The van der Waals surface area contributed by atoms with Crippen molar-refractivity contribution in [3.8, 4) is 5.75 Å². The van der Waals surface area contributed by atoms with E-state index in [1.54, 1.807) is 0 Å². The van der Waals surface area contributed by atoms with E-state index in [0.29, 0.717) is 17.9 Å². The second kappa shape index (κ2) is 8.45. The summed E-state index contributed by atoms with van der Waals surface area (Å²) in [5, 5.41) is 5.86. The highest BCUT2D eigenvalue weighted by atomic mass is 79.9. The largest absolute Gasteiger partial charge is 0.489 e. The van der Waals surface area contributed by atoms with Gasteiger partial charge in [0.25, 0.3) is 5.91 Å². The Labute approximate surface area is 178 Å². The summed E-state index contributed by atoms with van der Waals surface area (Å²) in [5.41, 5.74) is 4.07. The first kappa shape index (κ1) is 19.2. The molecule has 0 aliphatic carbocycles. The van der Waals surface area contributed by atoms with Crippen LogP contribution in [-0.4, -0.2) is 11.6 Å². The molecule has 5 heteroatoms. The first-order valence-corrected chi connectivity index (χ1v) is 10.0. The molecule has 144 valence electrons. The molecule has 3 aromatic rings. The average molecular weight is 447 g/mol. The Morgan fingerprint density at radius 2 is 1.66 bits per heavy atom. The highest BCUT2D eigenvalue weighted by Gasteiger charge is 2.28. The second-order valence-electron chi connectivity index (χ2n) is 6.68. The van der Waals surface area contributed by atoms with Crippen molar-refractivity contribution in [3.63, 3.8) is 0 Å². The molecule has 0 N–H and O–H groups in total. The Kier molecular flexibility index (Phi) is 5.58. The molecule has 3 aromatic carbocycles. The molecule has 1 aliphatic rings. The lowest BCUT2D eigenvalue weighted by molar-refractivity contribution is -0.114. The van der Waals surface area contributed by atoms with E-state index in [1.807, 2.05) is 91.9 Å². The zero-order valence-corrected chi connectivity index (χ0v) is 17.5. The summed E-state index contributed by atoms with van der Waals surface area (Å²) in [6.45, 7) is 2.37. The number of anilines is 1. The highest BCUT2D eigenvalue weighted by molar-refractivity contribution is 9.10. The van der Waals surface area contributed by atoms with Crippen molar-refractivity contribution < 1.29 is 9.53 Å². The van der Waals surface area contributed by atoms with E-state index in [-0.39, 0.29) is 5.91 Å². The summed E-state index contributed by atoms with van der Waals surface area (Å²) in [6.07, 6.45) is 1.86. The molecular weight excluding hydrogens is 428 g/mol. The van der Waals surface area contributed by atoms with E-state index < -0.39 is 0 Å².